The average molecular weight is 276 g/mol. The first-order chi connectivity index (χ1) is 9.72. The molecular formula is C16H20O4. The van der Waals surface area contributed by atoms with Gasteiger partial charge in [0.1, 0.15) is 6.10 Å². The Bertz CT molecular complexity index is 427. The van der Waals surface area contributed by atoms with E-state index in [0.717, 1.165) is 5.56 Å². The number of ether oxygens (including phenoxy) is 3. The fourth-order valence-corrected chi connectivity index (χ4v) is 1.69. The van der Waals surface area contributed by atoms with E-state index in [-0.39, 0.29) is 6.61 Å². The van der Waals surface area contributed by atoms with E-state index >= 15 is 0 Å². The standard InChI is InChI=1S/C16H20O4/c1-4-12-19-15(13-10-8-7-9-11-13)14(5-2)20-16(17)18-6-3/h4-5,7-11,14-15H,1-2,6,12H2,3H3/t14-,15-/m1/s1. The molecule has 0 radical (unpaired) electrons. The monoisotopic (exact) mass is 276 g/mol. The van der Waals surface area contributed by atoms with Crippen LogP contribution in [0, 0.1) is 0 Å². The molecule has 0 saturated heterocycles. The highest BCUT2D eigenvalue weighted by Crippen LogP contribution is 2.24. The summed E-state index contributed by atoms with van der Waals surface area (Å²) in [5.41, 5.74) is 0.892. The zero-order valence-corrected chi connectivity index (χ0v) is 11.7. The van der Waals surface area contributed by atoms with E-state index in [2.05, 4.69) is 13.2 Å². The minimum absolute atomic E-state index is 0.256. The summed E-state index contributed by atoms with van der Waals surface area (Å²) in [7, 11) is 0. The molecule has 0 heterocycles. The lowest BCUT2D eigenvalue weighted by Crippen LogP contribution is -2.26. The van der Waals surface area contributed by atoms with Crippen molar-refractivity contribution < 1.29 is 19.0 Å². The summed E-state index contributed by atoms with van der Waals surface area (Å²) in [4.78, 5) is 11.5. The molecule has 1 aromatic carbocycles. The summed E-state index contributed by atoms with van der Waals surface area (Å²) in [6, 6.07) is 9.49. The van der Waals surface area contributed by atoms with Crippen molar-refractivity contribution in [3.05, 3.63) is 61.2 Å². The van der Waals surface area contributed by atoms with Crippen molar-refractivity contribution >= 4 is 6.16 Å². The van der Waals surface area contributed by atoms with Crippen molar-refractivity contribution in [1.29, 1.82) is 0 Å². The molecule has 1 aromatic rings. The number of benzene rings is 1. The van der Waals surface area contributed by atoms with E-state index in [1.807, 2.05) is 30.3 Å². The molecule has 0 fully saturated rings. The zero-order chi connectivity index (χ0) is 14.8. The second-order valence-electron chi connectivity index (χ2n) is 3.95. The zero-order valence-electron chi connectivity index (χ0n) is 11.7. The average Bonchev–Trinajstić information content (AvgIpc) is 2.47. The van der Waals surface area contributed by atoms with E-state index < -0.39 is 18.4 Å². The molecule has 0 saturated carbocycles. The Morgan fingerprint density at radius 2 is 2.00 bits per heavy atom. The highest BCUT2D eigenvalue weighted by atomic mass is 16.7. The number of carbonyl (C=O) groups is 1. The van der Waals surface area contributed by atoms with Crippen molar-refractivity contribution in [2.45, 2.75) is 19.1 Å². The maximum Gasteiger partial charge on any atom is 0.508 e. The fourth-order valence-electron chi connectivity index (χ4n) is 1.69. The SMILES string of the molecule is C=CCO[C@H](c1ccccc1)[C@@H](C=C)OC(=O)OCC. The summed E-state index contributed by atoms with van der Waals surface area (Å²) in [5, 5.41) is 0. The Balaban J connectivity index is 2.86. The predicted octanol–water partition coefficient (Wildman–Crippen LogP) is 3.66. The van der Waals surface area contributed by atoms with Crippen LogP contribution in [-0.2, 0) is 14.2 Å². The van der Waals surface area contributed by atoms with E-state index in [1.54, 1.807) is 13.0 Å². The van der Waals surface area contributed by atoms with Gasteiger partial charge in [0.2, 0.25) is 0 Å². The van der Waals surface area contributed by atoms with Crippen LogP contribution in [-0.4, -0.2) is 25.5 Å². The van der Waals surface area contributed by atoms with Crippen molar-refractivity contribution in [1.82, 2.24) is 0 Å². The topological polar surface area (TPSA) is 44.8 Å². The van der Waals surface area contributed by atoms with Crippen LogP contribution in [0.5, 0.6) is 0 Å². The van der Waals surface area contributed by atoms with Gasteiger partial charge in [0, 0.05) is 0 Å². The van der Waals surface area contributed by atoms with Crippen LogP contribution in [0.1, 0.15) is 18.6 Å². The Labute approximate surface area is 119 Å². The van der Waals surface area contributed by atoms with Crippen molar-refractivity contribution in [3.63, 3.8) is 0 Å². The van der Waals surface area contributed by atoms with Gasteiger partial charge in [-0.15, -0.1) is 6.58 Å². The highest BCUT2D eigenvalue weighted by Gasteiger charge is 2.25. The molecule has 2 atom stereocenters. The van der Waals surface area contributed by atoms with E-state index in [1.165, 1.54) is 6.08 Å². The summed E-state index contributed by atoms with van der Waals surface area (Å²) in [5.74, 6) is 0. The van der Waals surface area contributed by atoms with Gasteiger partial charge in [0.15, 0.2) is 6.10 Å². The van der Waals surface area contributed by atoms with Gasteiger partial charge in [-0.1, -0.05) is 43.0 Å². The maximum absolute atomic E-state index is 11.5. The van der Waals surface area contributed by atoms with Crippen molar-refractivity contribution in [2.75, 3.05) is 13.2 Å². The lowest BCUT2D eigenvalue weighted by Gasteiger charge is -2.24. The molecule has 4 heteroatoms. The van der Waals surface area contributed by atoms with Gasteiger partial charge >= 0.3 is 6.16 Å². The van der Waals surface area contributed by atoms with Gasteiger partial charge in [-0.2, -0.15) is 0 Å². The lowest BCUT2D eigenvalue weighted by atomic mass is 10.0. The normalized spacial score (nSPS) is 13.1. The molecular weight excluding hydrogens is 256 g/mol. The summed E-state index contributed by atoms with van der Waals surface area (Å²) in [6.07, 6.45) is 1.35. The molecule has 0 aliphatic rings. The predicted molar refractivity (Wildman–Crippen MR) is 77.4 cm³/mol. The first kappa shape index (κ1) is 16.0. The largest absolute Gasteiger partial charge is 0.508 e. The molecule has 4 nitrogen and oxygen atoms in total. The van der Waals surface area contributed by atoms with Crippen LogP contribution in [0.2, 0.25) is 0 Å². The number of hydrogen-bond donors (Lipinski definition) is 0. The molecule has 0 amide bonds. The van der Waals surface area contributed by atoms with E-state index in [0.29, 0.717) is 6.61 Å². The molecule has 0 spiro atoms. The molecule has 0 unspecified atom stereocenters. The van der Waals surface area contributed by atoms with E-state index in [4.69, 9.17) is 14.2 Å². The van der Waals surface area contributed by atoms with Crippen LogP contribution in [0.4, 0.5) is 4.79 Å². The maximum atomic E-state index is 11.5. The third kappa shape index (κ3) is 4.90. The van der Waals surface area contributed by atoms with Crippen molar-refractivity contribution in [2.24, 2.45) is 0 Å². The number of rotatable bonds is 8. The van der Waals surface area contributed by atoms with Crippen molar-refractivity contribution in [3.8, 4) is 0 Å². The quantitative estimate of drug-likeness (QED) is 0.537. The Kier molecular flexibility index (Phi) is 7.14. The van der Waals surface area contributed by atoms with Crippen LogP contribution < -0.4 is 0 Å². The number of carbonyl (C=O) groups excluding carboxylic acids is 1. The molecule has 20 heavy (non-hydrogen) atoms. The molecule has 0 aliphatic carbocycles. The van der Waals surface area contributed by atoms with Crippen LogP contribution >= 0.6 is 0 Å². The Morgan fingerprint density at radius 3 is 2.55 bits per heavy atom. The van der Waals surface area contributed by atoms with Gasteiger partial charge in [-0.3, -0.25) is 0 Å². The van der Waals surface area contributed by atoms with Crippen LogP contribution in [0.25, 0.3) is 0 Å². The fraction of sp³-hybridized carbons (Fsp3) is 0.312. The second kappa shape index (κ2) is 8.93. The van der Waals surface area contributed by atoms with Crippen LogP contribution in [0.3, 0.4) is 0 Å². The molecule has 0 N–H and O–H groups in total. The Morgan fingerprint density at radius 1 is 1.30 bits per heavy atom. The summed E-state index contributed by atoms with van der Waals surface area (Å²) >= 11 is 0. The van der Waals surface area contributed by atoms with Gasteiger partial charge in [0.25, 0.3) is 0 Å². The van der Waals surface area contributed by atoms with Gasteiger partial charge in [-0.05, 0) is 18.6 Å². The summed E-state index contributed by atoms with van der Waals surface area (Å²) in [6.45, 7) is 9.62. The molecule has 0 aliphatic heterocycles. The Hall–Kier alpha value is -2.07. The van der Waals surface area contributed by atoms with Gasteiger partial charge in [0.05, 0.1) is 13.2 Å². The molecule has 108 valence electrons. The molecule has 0 aromatic heterocycles. The minimum atomic E-state index is -0.736. The van der Waals surface area contributed by atoms with E-state index in [9.17, 15) is 4.79 Å². The first-order valence-electron chi connectivity index (χ1n) is 6.46. The smallest absolute Gasteiger partial charge is 0.435 e. The van der Waals surface area contributed by atoms with Crippen LogP contribution in [0.15, 0.2) is 55.6 Å². The molecule has 1 rings (SSSR count). The van der Waals surface area contributed by atoms with Gasteiger partial charge < -0.3 is 14.2 Å². The molecule has 0 bridgehead atoms. The minimum Gasteiger partial charge on any atom is -0.435 e. The summed E-state index contributed by atoms with van der Waals surface area (Å²) < 4.78 is 15.7. The number of hydrogen-bond acceptors (Lipinski definition) is 4. The second-order valence-corrected chi connectivity index (χ2v) is 3.95. The van der Waals surface area contributed by atoms with Gasteiger partial charge in [-0.25, -0.2) is 4.79 Å². The highest BCUT2D eigenvalue weighted by molar-refractivity contribution is 5.60. The first-order valence-corrected chi connectivity index (χ1v) is 6.46. The lowest BCUT2D eigenvalue weighted by molar-refractivity contribution is -0.0383. The third-order valence-corrected chi connectivity index (χ3v) is 2.55. The third-order valence-electron chi connectivity index (χ3n) is 2.55.